The molecule has 8 nitrogen and oxygen atoms in total. The SMILES string of the molecule is C=CCn1c(=O)n(CC=C)c(=O)n(CC(=O)Nc2ccc(C(C)(C)C)cc2)c1=O. The summed E-state index contributed by atoms with van der Waals surface area (Å²) in [7, 11) is 0. The van der Waals surface area contributed by atoms with E-state index in [1.54, 1.807) is 12.1 Å². The van der Waals surface area contributed by atoms with Gasteiger partial charge in [-0.05, 0) is 23.1 Å². The first-order valence-corrected chi connectivity index (χ1v) is 9.16. The van der Waals surface area contributed by atoms with Crippen molar-refractivity contribution >= 4 is 11.6 Å². The van der Waals surface area contributed by atoms with Gasteiger partial charge in [-0.15, -0.1) is 13.2 Å². The van der Waals surface area contributed by atoms with Crippen molar-refractivity contribution in [2.45, 2.75) is 45.8 Å². The molecule has 8 heteroatoms. The first-order chi connectivity index (χ1) is 13.6. The molecular formula is C21H26N4O4. The van der Waals surface area contributed by atoms with Crippen molar-refractivity contribution in [3.8, 4) is 0 Å². The molecule has 2 rings (SSSR count). The van der Waals surface area contributed by atoms with E-state index in [1.165, 1.54) is 12.2 Å². The maximum atomic E-state index is 12.6. The highest BCUT2D eigenvalue weighted by molar-refractivity contribution is 5.90. The lowest BCUT2D eigenvalue weighted by atomic mass is 9.87. The number of carbonyl (C=O) groups is 1. The molecule has 0 spiro atoms. The molecule has 2 aromatic rings. The lowest BCUT2D eigenvalue weighted by molar-refractivity contribution is -0.116. The van der Waals surface area contributed by atoms with Gasteiger partial charge in [-0.1, -0.05) is 45.1 Å². The average Bonchev–Trinajstić information content (AvgIpc) is 2.65. The predicted molar refractivity (Wildman–Crippen MR) is 113 cm³/mol. The first-order valence-electron chi connectivity index (χ1n) is 9.16. The third-order valence-corrected chi connectivity index (χ3v) is 4.35. The molecule has 154 valence electrons. The Morgan fingerprint density at radius 1 is 0.897 bits per heavy atom. The summed E-state index contributed by atoms with van der Waals surface area (Å²) in [6.07, 6.45) is 2.74. The van der Waals surface area contributed by atoms with Crippen molar-refractivity contribution < 1.29 is 4.79 Å². The van der Waals surface area contributed by atoms with E-state index in [-0.39, 0.29) is 18.5 Å². The molecule has 0 radical (unpaired) electrons. The summed E-state index contributed by atoms with van der Waals surface area (Å²) in [5.74, 6) is -0.554. The van der Waals surface area contributed by atoms with Crippen LogP contribution in [-0.2, 0) is 29.8 Å². The Bertz CT molecular complexity index is 1050. The maximum absolute atomic E-state index is 12.6. The molecule has 0 aliphatic rings. The number of allylic oxidation sites excluding steroid dienone is 2. The van der Waals surface area contributed by atoms with Crippen LogP contribution in [0.3, 0.4) is 0 Å². The molecule has 0 aliphatic heterocycles. The Hall–Kier alpha value is -3.42. The minimum atomic E-state index is -0.863. The molecule has 0 unspecified atom stereocenters. The summed E-state index contributed by atoms with van der Waals surface area (Å²) in [5, 5.41) is 2.67. The van der Waals surface area contributed by atoms with Gasteiger partial charge >= 0.3 is 17.1 Å². The number of anilines is 1. The van der Waals surface area contributed by atoms with Crippen LogP contribution in [0.5, 0.6) is 0 Å². The highest BCUT2D eigenvalue weighted by atomic mass is 16.2. The van der Waals surface area contributed by atoms with Crippen LogP contribution in [0.25, 0.3) is 0 Å². The molecule has 0 saturated heterocycles. The Balaban J connectivity index is 2.35. The van der Waals surface area contributed by atoms with Crippen LogP contribution in [-0.4, -0.2) is 19.6 Å². The molecule has 1 amide bonds. The Labute approximate surface area is 168 Å². The van der Waals surface area contributed by atoms with Crippen molar-refractivity contribution in [2.24, 2.45) is 0 Å². The average molecular weight is 398 g/mol. The topological polar surface area (TPSA) is 95.1 Å². The van der Waals surface area contributed by atoms with Crippen LogP contribution in [0.4, 0.5) is 5.69 Å². The second-order valence-electron chi connectivity index (χ2n) is 7.61. The number of benzene rings is 1. The van der Waals surface area contributed by atoms with E-state index >= 15 is 0 Å². The normalized spacial score (nSPS) is 11.1. The number of rotatable bonds is 7. The summed E-state index contributed by atoms with van der Waals surface area (Å²) >= 11 is 0. The van der Waals surface area contributed by atoms with Crippen LogP contribution in [0.2, 0.25) is 0 Å². The zero-order chi connectivity index (χ0) is 21.8. The fraction of sp³-hybridized carbons (Fsp3) is 0.333. The summed E-state index contributed by atoms with van der Waals surface area (Å²) in [4.78, 5) is 49.9. The van der Waals surface area contributed by atoms with Gasteiger partial charge in [-0.2, -0.15) is 0 Å². The van der Waals surface area contributed by atoms with Crippen molar-refractivity contribution in [1.82, 2.24) is 13.7 Å². The van der Waals surface area contributed by atoms with Gasteiger partial charge in [0.15, 0.2) is 0 Å². The highest BCUT2D eigenvalue weighted by Gasteiger charge is 2.17. The van der Waals surface area contributed by atoms with Crippen LogP contribution in [0, 0.1) is 0 Å². The standard InChI is InChI=1S/C21H26N4O4/c1-6-12-23-18(27)24(13-7-2)20(29)25(19(23)28)14-17(26)22-16-10-8-15(9-11-16)21(3,4)5/h6-11H,1-2,12-14H2,3-5H3,(H,22,26). The maximum Gasteiger partial charge on any atom is 0.337 e. The number of aromatic nitrogens is 3. The van der Waals surface area contributed by atoms with Gasteiger partial charge in [-0.25, -0.2) is 28.1 Å². The number of carbonyl (C=O) groups excluding carboxylic acids is 1. The number of nitrogens with zero attached hydrogens (tertiary/aromatic N) is 3. The van der Waals surface area contributed by atoms with E-state index in [0.29, 0.717) is 5.69 Å². The minimum absolute atomic E-state index is 0.0229. The van der Waals surface area contributed by atoms with Crippen molar-refractivity contribution in [2.75, 3.05) is 5.32 Å². The third kappa shape index (κ3) is 4.90. The number of nitrogens with one attached hydrogen (secondary N) is 1. The summed E-state index contributed by atoms with van der Waals surface area (Å²) in [5.41, 5.74) is -0.867. The molecule has 0 atom stereocenters. The molecular weight excluding hydrogens is 372 g/mol. The summed E-state index contributed by atoms with van der Waals surface area (Å²) < 4.78 is 2.43. The molecule has 1 heterocycles. The highest BCUT2D eigenvalue weighted by Crippen LogP contribution is 2.23. The zero-order valence-corrected chi connectivity index (χ0v) is 17.0. The van der Waals surface area contributed by atoms with E-state index in [0.717, 1.165) is 19.3 Å². The third-order valence-electron chi connectivity index (χ3n) is 4.35. The first kappa shape index (κ1) is 21.9. The van der Waals surface area contributed by atoms with Crippen molar-refractivity contribution in [3.63, 3.8) is 0 Å². The Morgan fingerprint density at radius 3 is 1.76 bits per heavy atom. The van der Waals surface area contributed by atoms with Crippen molar-refractivity contribution in [3.05, 3.63) is 86.6 Å². The lowest BCUT2D eigenvalue weighted by Crippen LogP contribution is -2.55. The predicted octanol–water partition coefficient (Wildman–Crippen LogP) is 1.48. The molecule has 0 bridgehead atoms. The molecule has 0 saturated carbocycles. The van der Waals surface area contributed by atoms with Crippen LogP contribution in [0.1, 0.15) is 26.3 Å². The minimum Gasteiger partial charge on any atom is -0.325 e. The van der Waals surface area contributed by atoms with Gasteiger partial charge in [0.25, 0.3) is 0 Å². The van der Waals surface area contributed by atoms with Gasteiger partial charge in [0.1, 0.15) is 6.54 Å². The van der Waals surface area contributed by atoms with E-state index in [4.69, 9.17) is 0 Å². The van der Waals surface area contributed by atoms with Crippen LogP contribution in [0.15, 0.2) is 64.0 Å². The van der Waals surface area contributed by atoms with Gasteiger partial charge in [0.05, 0.1) is 13.1 Å². The van der Waals surface area contributed by atoms with Crippen LogP contribution < -0.4 is 22.4 Å². The molecule has 1 aromatic carbocycles. The molecule has 29 heavy (non-hydrogen) atoms. The second kappa shape index (κ2) is 8.72. The Morgan fingerprint density at radius 2 is 1.34 bits per heavy atom. The summed E-state index contributed by atoms with van der Waals surface area (Å²) in [6.45, 7) is 12.6. The Kier molecular flexibility index (Phi) is 6.58. The largest absolute Gasteiger partial charge is 0.337 e. The van der Waals surface area contributed by atoms with Crippen LogP contribution >= 0.6 is 0 Å². The molecule has 1 N–H and O–H groups in total. The molecule has 1 aromatic heterocycles. The van der Waals surface area contributed by atoms with Crippen molar-refractivity contribution in [1.29, 1.82) is 0 Å². The van der Waals surface area contributed by atoms with Gasteiger partial charge in [0, 0.05) is 5.69 Å². The molecule has 0 fully saturated rings. The smallest absolute Gasteiger partial charge is 0.325 e. The van der Waals surface area contributed by atoms with E-state index in [2.05, 4.69) is 39.2 Å². The monoisotopic (exact) mass is 398 g/mol. The number of hydrogen-bond acceptors (Lipinski definition) is 4. The quantitative estimate of drug-likeness (QED) is 0.715. The van der Waals surface area contributed by atoms with E-state index in [9.17, 15) is 19.2 Å². The molecule has 0 aliphatic carbocycles. The fourth-order valence-electron chi connectivity index (χ4n) is 2.79. The zero-order valence-electron chi connectivity index (χ0n) is 17.0. The van der Waals surface area contributed by atoms with Gasteiger partial charge in [-0.3, -0.25) is 4.79 Å². The van der Waals surface area contributed by atoms with E-state index < -0.39 is 29.5 Å². The summed E-state index contributed by atoms with van der Waals surface area (Å²) in [6, 6.07) is 7.33. The van der Waals surface area contributed by atoms with Gasteiger partial charge < -0.3 is 5.32 Å². The second-order valence-corrected chi connectivity index (χ2v) is 7.61. The fourth-order valence-corrected chi connectivity index (χ4v) is 2.79. The number of hydrogen-bond donors (Lipinski definition) is 1. The number of amides is 1. The lowest BCUT2D eigenvalue weighted by Gasteiger charge is -2.19. The van der Waals surface area contributed by atoms with E-state index in [1.807, 2.05) is 12.1 Å². The van der Waals surface area contributed by atoms with Gasteiger partial charge in [0.2, 0.25) is 5.91 Å².